The topological polar surface area (TPSA) is 76.1 Å². The van der Waals surface area contributed by atoms with E-state index in [-0.39, 0.29) is 17.1 Å². The van der Waals surface area contributed by atoms with E-state index in [9.17, 15) is 4.79 Å². The molecule has 0 aliphatic carbocycles. The number of hydrogen-bond acceptors (Lipinski definition) is 5. The third kappa shape index (κ3) is 4.58. The molecule has 1 heterocycles. The van der Waals surface area contributed by atoms with E-state index in [0.717, 1.165) is 11.3 Å². The van der Waals surface area contributed by atoms with Crippen LogP contribution in [-0.4, -0.2) is 28.5 Å². The van der Waals surface area contributed by atoms with Crippen LogP contribution in [0.25, 0.3) is 0 Å². The first-order chi connectivity index (χ1) is 11.2. The summed E-state index contributed by atoms with van der Waals surface area (Å²) in [6, 6.07) is 3.60. The molecule has 0 atom stereocenters. The average Bonchev–Trinajstić information content (AvgIpc) is 2.49. The van der Waals surface area contributed by atoms with Gasteiger partial charge in [-0.25, -0.2) is 9.97 Å². The van der Waals surface area contributed by atoms with Crippen molar-refractivity contribution >= 4 is 29.0 Å². The lowest BCUT2D eigenvalue weighted by Gasteiger charge is -2.20. The Hall–Kier alpha value is -2.34. The van der Waals surface area contributed by atoms with E-state index in [1.807, 2.05) is 33.8 Å². The van der Waals surface area contributed by atoms with Crippen LogP contribution in [-0.2, 0) is 0 Å². The second-order valence-electron chi connectivity index (χ2n) is 6.42. The molecule has 7 heteroatoms. The van der Waals surface area contributed by atoms with Crippen LogP contribution in [0, 0.1) is 6.92 Å². The highest BCUT2D eigenvalue weighted by molar-refractivity contribution is 6.31. The molecule has 2 aromatic rings. The Morgan fingerprint density at radius 2 is 1.92 bits per heavy atom. The number of anilines is 2. The summed E-state index contributed by atoms with van der Waals surface area (Å²) in [5, 5.41) is 6.58. The fourth-order valence-corrected chi connectivity index (χ4v) is 2.14. The largest absolute Gasteiger partial charge is 0.495 e. The predicted molar refractivity (Wildman–Crippen MR) is 95.3 cm³/mol. The molecule has 1 amide bonds. The molecule has 0 saturated heterocycles. The van der Waals surface area contributed by atoms with E-state index in [1.54, 1.807) is 13.2 Å². The Bertz CT molecular complexity index is 739. The molecule has 0 aliphatic rings. The third-order valence-corrected chi connectivity index (χ3v) is 3.52. The SMILES string of the molecule is COc1cc(Cl)c(C)cc1Nc1cnc(C(=O)NC(C)(C)C)cn1. The monoisotopic (exact) mass is 348 g/mol. The lowest BCUT2D eigenvalue weighted by atomic mass is 10.1. The van der Waals surface area contributed by atoms with Gasteiger partial charge in [0.1, 0.15) is 17.3 Å². The first-order valence-electron chi connectivity index (χ1n) is 7.45. The summed E-state index contributed by atoms with van der Waals surface area (Å²) < 4.78 is 5.31. The number of halogens is 1. The molecule has 24 heavy (non-hydrogen) atoms. The summed E-state index contributed by atoms with van der Waals surface area (Å²) in [5.41, 5.74) is 1.56. The maximum absolute atomic E-state index is 12.0. The van der Waals surface area contributed by atoms with Crippen molar-refractivity contribution in [1.29, 1.82) is 0 Å². The van der Waals surface area contributed by atoms with Crippen molar-refractivity contribution < 1.29 is 9.53 Å². The van der Waals surface area contributed by atoms with Gasteiger partial charge in [0.2, 0.25) is 0 Å². The molecular formula is C17H21ClN4O2. The number of benzene rings is 1. The summed E-state index contributed by atoms with van der Waals surface area (Å²) in [6.07, 6.45) is 2.93. The van der Waals surface area contributed by atoms with Gasteiger partial charge >= 0.3 is 0 Å². The van der Waals surface area contributed by atoms with Crippen LogP contribution in [0.2, 0.25) is 5.02 Å². The van der Waals surface area contributed by atoms with Crippen LogP contribution in [0.3, 0.4) is 0 Å². The van der Waals surface area contributed by atoms with E-state index < -0.39 is 0 Å². The molecule has 0 radical (unpaired) electrons. The molecule has 0 spiro atoms. The van der Waals surface area contributed by atoms with Crippen molar-refractivity contribution in [2.45, 2.75) is 33.2 Å². The van der Waals surface area contributed by atoms with E-state index in [2.05, 4.69) is 20.6 Å². The van der Waals surface area contributed by atoms with Crippen molar-refractivity contribution in [2.24, 2.45) is 0 Å². The number of ether oxygens (including phenoxy) is 1. The van der Waals surface area contributed by atoms with E-state index >= 15 is 0 Å². The number of aromatic nitrogens is 2. The van der Waals surface area contributed by atoms with Gasteiger partial charge in [-0.3, -0.25) is 4.79 Å². The summed E-state index contributed by atoms with van der Waals surface area (Å²) in [6.45, 7) is 7.62. The molecule has 0 saturated carbocycles. The molecule has 1 aromatic carbocycles. The van der Waals surface area contributed by atoms with Crippen LogP contribution in [0.15, 0.2) is 24.5 Å². The Morgan fingerprint density at radius 1 is 1.21 bits per heavy atom. The van der Waals surface area contributed by atoms with Gasteiger partial charge in [-0.2, -0.15) is 0 Å². The minimum atomic E-state index is -0.329. The fourth-order valence-electron chi connectivity index (χ4n) is 1.98. The Kier molecular flexibility index (Phi) is 5.29. The van der Waals surface area contributed by atoms with E-state index in [0.29, 0.717) is 16.6 Å². The Morgan fingerprint density at radius 3 is 2.46 bits per heavy atom. The van der Waals surface area contributed by atoms with Gasteiger partial charge in [0.05, 0.1) is 25.2 Å². The third-order valence-electron chi connectivity index (χ3n) is 3.12. The number of nitrogens with zero attached hydrogens (tertiary/aromatic N) is 2. The van der Waals surface area contributed by atoms with Crippen molar-refractivity contribution in [3.8, 4) is 5.75 Å². The molecule has 0 unspecified atom stereocenters. The highest BCUT2D eigenvalue weighted by atomic mass is 35.5. The average molecular weight is 349 g/mol. The second kappa shape index (κ2) is 7.05. The molecule has 0 bridgehead atoms. The fraction of sp³-hybridized carbons (Fsp3) is 0.353. The molecule has 2 rings (SSSR count). The standard InChI is InChI=1S/C17H21ClN4O2/c1-10-6-12(14(24-5)7-11(10)18)21-15-9-19-13(8-20-15)16(23)22-17(2,3)4/h6-9H,1-5H3,(H,20,21)(H,22,23). The molecule has 0 fully saturated rings. The van der Waals surface area contributed by atoms with Gasteiger partial charge in [0, 0.05) is 16.6 Å². The van der Waals surface area contributed by atoms with Gasteiger partial charge in [-0.05, 0) is 39.3 Å². The van der Waals surface area contributed by atoms with Crippen molar-refractivity contribution in [1.82, 2.24) is 15.3 Å². The van der Waals surface area contributed by atoms with Gasteiger partial charge in [-0.15, -0.1) is 0 Å². The summed E-state index contributed by atoms with van der Waals surface area (Å²) in [7, 11) is 1.57. The molecule has 128 valence electrons. The highest BCUT2D eigenvalue weighted by Crippen LogP contribution is 2.32. The Labute approximate surface area is 146 Å². The molecule has 1 aromatic heterocycles. The predicted octanol–water partition coefficient (Wildman–Crippen LogP) is 3.72. The lowest BCUT2D eigenvalue weighted by molar-refractivity contribution is 0.0914. The zero-order valence-corrected chi connectivity index (χ0v) is 15.2. The second-order valence-corrected chi connectivity index (χ2v) is 6.82. The van der Waals surface area contributed by atoms with Crippen molar-refractivity contribution in [2.75, 3.05) is 12.4 Å². The van der Waals surface area contributed by atoms with Crippen LogP contribution < -0.4 is 15.4 Å². The number of hydrogen-bond donors (Lipinski definition) is 2. The van der Waals surface area contributed by atoms with Gasteiger partial charge in [-0.1, -0.05) is 11.6 Å². The van der Waals surface area contributed by atoms with Gasteiger partial charge in [0.15, 0.2) is 0 Å². The maximum Gasteiger partial charge on any atom is 0.271 e. The number of methoxy groups -OCH3 is 1. The molecule has 0 aliphatic heterocycles. The van der Waals surface area contributed by atoms with E-state index in [1.165, 1.54) is 12.4 Å². The van der Waals surface area contributed by atoms with Gasteiger partial charge < -0.3 is 15.4 Å². The number of carbonyl (C=O) groups excluding carboxylic acids is 1. The van der Waals surface area contributed by atoms with Crippen LogP contribution >= 0.6 is 11.6 Å². The molecule has 6 nitrogen and oxygen atoms in total. The van der Waals surface area contributed by atoms with Gasteiger partial charge in [0.25, 0.3) is 5.91 Å². The van der Waals surface area contributed by atoms with Crippen molar-refractivity contribution in [3.05, 3.63) is 40.8 Å². The lowest BCUT2D eigenvalue weighted by Crippen LogP contribution is -2.40. The molecular weight excluding hydrogens is 328 g/mol. The normalized spacial score (nSPS) is 11.1. The number of rotatable bonds is 4. The first kappa shape index (κ1) is 18.0. The van der Waals surface area contributed by atoms with E-state index in [4.69, 9.17) is 16.3 Å². The summed E-state index contributed by atoms with van der Waals surface area (Å²) >= 11 is 6.10. The zero-order valence-electron chi connectivity index (χ0n) is 14.4. The zero-order chi connectivity index (χ0) is 17.9. The number of aryl methyl sites for hydroxylation is 1. The summed E-state index contributed by atoms with van der Waals surface area (Å²) in [4.78, 5) is 20.4. The number of carbonyl (C=O) groups is 1. The Balaban J connectivity index is 2.18. The number of amides is 1. The minimum absolute atomic E-state index is 0.259. The highest BCUT2D eigenvalue weighted by Gasteiger charge is 2.16. The van der Waals surface area contributed by atoms with Crippen molar-refractivity contribution in [3.63, 3.8) is 0 Å². The quantitative estimate of drug-likeness (QED) is 0.880. The number of nitrogens with one attached hydrogen (secondary N) is 2. The summed E-state index contributed by atoms with van der Waals surface area (Å²) in [5.74, 6) is 0.839. The smallest absolute Gasteiger partial charge is 0.271 e. The minimum Gasteiger partial charge on any atom is -0.495 e. The maximum atomic E-state index is 12.0. The van der Waals surface area contributed by atoms with Crippen LogP contribution in [0.5, 0.6) is 5.75 Å². The first-order valence-corrected chi connectivity index (χ1v) is 7.83. The molecule has 2 N–H and O–H groups in total. The van der Waals surface area contributed by atoms with Crippen LogP contribution in [0.1, 0.15) is 36.8 Å². The van der Waals surface area contributed by atoms with Crippen LogP contribution in [0.4, 0.5) is 11.5 Å².